The van der Waals surface area contributed by atoms with Gasteiger partial charge in [0.2, 0.25) is 0 Å². The predicted octanol–water partition coefficient (Wildman–Crippen LogP) is 2.59. The lowest BCUT2D eigenvalue weighted by Crippen LogP contribution is -2.03. The molecule has 92 valence electrons. The van der Waals surface area contributed by atoms with Crippen LogP contribution < -0.4 is 5.73 Å². The van der Waals surface area contributed by atoms with E-state index < -0.39 is 0 Å². The minimum Gasteiger partial charge on any atom is -0.333 e. The van der Waals surface area contributed by atoms with Gasteiger partial charge in [-0.3, -0.25) is 0 Å². The van der Waals surface area contributed by atoms with Crippen LogP contribution in [-0.4, -0.2) is 16.7 Å². The van der Waals surface area contributed by atoms with Crippen molar-refractivity contribution in [3.63, 3.8) is 0 Å². The first-order chi connectivity index (χ1) is 8.76. The number of thiophene rings is 1. The molecule has 0 unspecified atom stereocenters. The van der Waals surface area contributed by atoms with Crippen LogP contribution in [0.2, 0.25) is 0 Å². The second-order valence-corrected chi connectivity index (χ2v) is 4.93. The molecule has 2 aromatic heterocycles. The van der Waals surface area contributed by atoms with Crippen molar-refractivity contribution in [1.82, 2.24) is 10.1 Å². The lowest BCUT2D eigenvalue weighted by Gasteiger charge is -1.86. The van der Waals surface area contributed by atoms with Gasteiger partial charge in [-0.2, -0.15) is 4.98 Å². The highest BCUT2D eigenvalue weighted by Gasteiger charge is 2.12. The van der Waals surface area contributed by atoms with Crippen molar-refractivity contribution in [2.75, 3.05) is 6.54 Å². The molecular formula is C12H10FN3OS. The smallest absolute Gasteiger partial charge is 0.268 e. The first kappa shape index (κ1) is 11.3. The summed E-state index contributed by atoms with van der Waals surface area (Å²) in [4.78, 5) is 5.09. The number of aromatic nitrogens is 2. The van der Waals surface area contributed by atoms with Gasteiger partial charge in [0.25, 0.3) is 5.89 Å². The molecule has 6 heteroatoms. The van der Waals surface area contributed by atoms with Crippen LogP contribution in [0.15, 0.2) is 28.8 Å². The third-order valence-electron chi connectivity index (χ3n) is 2.53. The fourth-order valence-corrected chi connectivity index (χ4v) is 2.70. The van der Waals surface area contributed by atoms with Crippen LogP contribution in [0.3, 0.4) is 0 Å². The van der Waals surface area contributed by atoms with Gasteiger partial charge in [0, 0.05) is 11.1 Å². The fourth-order valence-electron chi connectivity index (χ4n) is 1.70. The molecule has 3 aromatic rings. The molecule has 0 saturated carbocycles. The Morgan fingerprint density at radius 2 is 2.22 bits per heavy atom. The average Bonchev–Trinajstić information content (AvgIpc) is 2.94. The molecule has 0 aliphatic rings. The predicted molar refractivity (Wildman–Crippen MR) is 67.8 cm³/mol. The molecule has 4 nitrogen and oxygen atoms in total. The Hall–Kier alpha value is -1.79. The summed E-state index contributed by atoms with van der Waals surface area (Å²) in [5.74, 6) is 0.807. The third-order valence-corrected chi connectivity index (χ3v) is 3.61. The number of rotatable bonds is 3. The molecule has 2 heterocycles. The Balaban J connectivity index is 2.02. The zero-order valence-electron chi connectivity index (χ0n) is 9.39. The first-order valence-corrected chi connectivity index (χ1v) is 6.30. The van der Waals surface area contributed by atoms with E-state index in [1.54, 1.807) is 6.07 Å². The highest BCUT2D eigenvalue weighted by Crippen LogP contribution is 2.32. The maximum Gasteiger partial charge on any atom is 0.268 e. The minimum absolute atomic E-state index is 0.245. The quantitative estimate of drug-likeness (QED) is 0.788. The first-order valence-electron chi connectivity index (χ1n) is 5.48. The van der Waals surface area contributed by atoms with Gasteiger partial charge < -0.3 is 10.3 Å². The van der Waals surface area contributed by atoms with Gasteiger partial charge in [-0.15, -0.1) is 11.3 Å². The molecule has 18 heavy (non-hydrogen) atoms. The van der Waals surface area contributed by atoms with Gasteiger partial charge in [0.15, 0.2) is 5.82 Å². The van der Waals surface area contributed by atoms with Gasteiger partial charge in [-0.1, -0.05) is 11.2 Å². The van der Waals surface area contributed by atoms with Crippen LogP contribution >= 0.6 is 11.3 Å². The summed E-state index contributed by atoms with van der Waals surface area (Å²) < 4.78 is 19.1. The van der Waals surface area contributed by atoms with E-state index >= 15 is 0 Å². The van der Waals surface area contributed by atoms with Crippen molar-refractivity contribution in [2.24, 2.45) is 5.73 Å². The Morgan fingerprint density at radius 1 is 1.33 bits per heavy atom. The summed E-state index contributed by atoms with van der Waals surface area (Å²) in [6.07, 6.45) is 0.586. The average molecular weight is 263 g/mol. The van der Waals surface area contributed by atoms with Crippen molar-refractivity contribution < 1.29 is 8.91 Å². The Morgan fingerprint density at radius 3 is 3.06 bits per heavy atom. The Bertz CT molecular complexity index is 692. The molecule has 0 radical (unpaired) electrons. The lowest BCUT2D eigenvalue weighted by molar-refractivity contribution is 0.423. The van der Waals surface area contributed by atoms with E-state index in [0.717, 1.165) is 15.0 Å². The molecule has 2 N–H and O–H groups in total. The number of hydrogen-bond donors (Lipinski definition) is 1. The summed E-state index contributed by atoms with van der Waals surface area (Å²) >= 11 is 1.43. The molecule has 0 bridgehead atoms. The van der Waals surface area contributed by atoms with E-state index in [2.05, 4.69) is 10.1 Å². The summed E-state index contributed by atoms with van der Waals surface area (Å²) in [6.45, 7) is 0.483. The molecule has 1 aromatic carbocycles. The van der Waals surface area contributed by atoms with E-state index in [4.69, 9.17) is 10.3 Å². The SMILES string of the molecule is NCCc1noc(-c2cc3ccc(F)cc3s2)n1. The van der Waals surface area contributed by atoms with Gasteiger partial charge in [-0.05, 0) is 30.1 Å². The van der Waals surface area contributed by atoms with Crippen LogP contribution in [0.25, 0.3) is 20.9 Å². The van der Waals surface area contributed by atoms with Crippen LogP contribution in [0.4, 0.5) is 4.39 Å². The molecule has 0 spiro atoms. The number of hydrogen-bond acceptors (Lipinski definition) is 5. The number of nitrogens with zero attached hydrogens (tertiary/aromatic N) is 2. The van der Waals surface area contributed by atoms with Crippen molar-refractivity contribution >= 4 is 21.4 Å². The number of halogens is 1. The van der Waals surface area contributed by atoms with Gasteiger partial charge in [0.05, 0.1) is 4.88 Å². The Kier molecular flexibility index (Phi) is 2.81. The van der Waals surface area contributed by atoms with Crippen molar-refractivity contribution in [2.45, 2.75) is 6.42 Å². The van der Waals surface area contributed by atoms with Crippen LogP contribution in [0.5, 0.6) is 0 Å². The van der Waals surface area contributed by atoms with Crippen molar-refractivity contribution in [1.29, 1.82) is 0 Å². The largest absolute Gasteiger partial charge is 0.333 e. The van der Waals surface area contributed by atoms with Crippen molar-refractivity contribution in [3.8, 4) is 10.8 Å². The summed E-state index contributed by atoms with van der Waals surface area (Å²) in [6, 6.07) is 6.59. The molecular weight excluding hydrogens is 253 g/mol. The molecule has 0 atom stereocenters. The lowest BCUT2D eigenvalue weighted by atomic mass is 10.2. The maximum absolute atomic E-state index is 13.1. The maximum atomic E-state index is 13.1. The van der Waals surface area contributed by atoms with E-state index in [1.807, 2.05) is 6.07 Å². The number of nitrogens with two attached hydrogens (primary N) is 1. The van der Waals surface area contributed by atoms with E-state index in [-0.39, 0.29) is 5.82 Å². The molecule has 0 aliphatic carbocycles. The zero-order valence-corrected chi connectivity index (χ0v) is 10.2. The summed E-state index contributed by atoms with van der Waals surface area (Å²) in [5.41, 5.74) is 5.43. The fraction of sp³-hybridized carbons (Fsp3) is 0.167. The zero-order chi connectivity index (χ0) is 12.5. The highest BCUT2D eigenvalue weighted by atomic mass is 32.1. The van der Waals surface area contributed by atoms with Gasteiger partial charge >= 0.3 is 0 Å². The minimum atomic E-state index is -0.245. The third kappa shape index (κ3) is 2.00. The summed E-state index contributed by atoms with van der Waals surface area (Å²) in [5, 5.41) is 4.80. The van der Waals surface area contributed by atoms with Crippen molar-refractivity contribution in [3.05, 3.63) is 35.9 Å². The molecule has 0 aliphatic heterocycles. The molecule has 0 saturated heterocycles. The van der Waals surface area contributed by atoms with Gasteiger partial charge in [-0.25, -0.2) is 4.39 Å². The highest BCUT2D eigenvalue weighted by molar-refractivity contribution is 7.22. The molecule has 3 rings (SSSR count). The van der Waals surface area contributed by atoms with Crippen LogP contribution in [-0.2, 0) is 6.42 Å². The monoisotopic (exact) mass is 263 g/mol. The van der Waals surface area contributed by atoms with Gasteiger partial charge in [0.1, 0.15) is 5.82 Å². The second-order valence-electron chi connectivity index (χ2n) is 3.85. The standard InChI is InChI=1S/C12H10FN3OS/c13-8-2-1-7-5-10(18-9(7)6-8)12-15-11(3-4-14)16-17-12/h1-2,5-6H,3-4,14H2. The van der Waals surface area contributed by atoms with E-state index in [0.29, 0.717) is 24.7 Å². The molecule has 0 amide bonds. The molecule has 0 fully saturated rings. The van der Waals surface area contributed by atoms with E-state index in [1.165, 1.54) is 23.5 Å². The Labute approximate surface area is 106 Å². The second kappa shape index (κ2) is 4.47. The van der Waals surface area contributed by atoms with E-state index in [9.17, 15) is 4.39 Å². The van der Waals surface area contributed by atoms with Crippen LogP contribution in [0, 0.1) is 5.82 Å². The summed E-state index contributed by atoms with van der Waals surface area (Å²) in [7, 11) is 0. The normalized spacial score (nSPS) is 11.2. The number of benzene rings is 1. The van der Waals surface area contributed by atoms with Crippen LogP contribution in [0.1, 0.15) is 5.82 Å². The topological polar surface area (TPSA) is 64.9 Å². The number of fused-ring (bicyclic) bond motifs is 1.